The topological polar surface area (TPSA) is 106 Å². The monoisotopic (exact) mass is 273 g/mol. The van der Waals surface area contributed by atoms with Gasteiger partial charge in [-0.3, -0.25) is 14.4 Å². The van der Waals surface area contributed by atoms with Crippen molar-refractivity contribution in [3.05, 3.63) is 0 Å². The molecule has 1 aliphatic heterocycles. The Morgan fingerprint density at radius 1 is 1.37 bits per heavy atom. The van der Waals surface area contributed by atoms with Gasteiger partial charge in [-0.05, 0) is 20.8 Å². The molecule has 0 unspecified atom stereocenters. The van der Waals surface area contributed by atoms with Crippen LogP contribution in [0.2, 0.25) is 0 Å². The number of amides is 3. The molecule has 19 heavy (non-hydrogen) atoms. The maximum Gasteiger partial charge on any atom is 0.408 e. The number of nitrogens with one attached hydrogen (secondary N) is 3. The SMILES string of the molecule is CC(=O)NOC[C@@H]1NC(=O)[C@@H]1NC(=O)OC(C)(C)C. The highest BCUT2D eigenvalue weighted by Crippen LogP contribution is 2.10. The predicted molar refractivity (Wildman–Crippen MR) is 64.9 cm³/mol. The van der Waals surface area contributed by atoms with Crippen molar-refractivity contribution in [2.45, 2.75) is 45.4 Å². The Morgan fingerprint density at radius 3 is 2.47 bits per heavy atom. The molecule has 1 fully saturated rings. The van der Waals surface area contributed by atoms with Crippen molar-refractivity contribution in [1.29, 1.82) is 0 Å². The Hall–Kier alpha value is -1.83. The fraction of sp³-hybridized carbons (Fsp3) is 0.727. The lowest BCUT2D eigenvalue weighted by Crippen LogP contribution is -2.71. The molecule has 0 spiro atoms. The number of ether oxygens (including phenoxy) is 1. The van der Waals surface area contributed by atoms with Crippen molar-refractivity contribution in [2.75, 3.05) is 6.61 Å². The lowest BCUT2D eigenvalue weighted by molar-refractivity contribution is -0.138. The van der Waals surface area contributed by atoms with Crippen LogP contribution in [0.5, 0.6) is 0 Å². The molecule has 0 aromatic heterocycles. The molecule has 2 atom stereocenters. The van der Waals surface area contributed by atoms with E-state index in [4.69, 9.17) is 9.57 Å². The highest BCUT2D eigenvalue weighted by atomic mass is 16.7. The fourth-order valence-electron chi connectivity index (χ4n) is 1.41. The molecule has 8 heteroatoms. The van der Waals surface area contributed by atoms with Crippen LogP contribution in [0.4, 0.5) is 4.79 Å². The first-order chi connectivity index (χ1) is 8.69. The molecule has 0 saturated carbocycles. The first-order valence-electron chi connectivity index (χ1n) is 5.87. The van der Waals surface area contributed by atoms with E-state index in [2.05, 4.69) is 16.1 Å². The summed E-state index contributed by atoms with van der Waals surface area (Å²) in [4.78, 5) is 38.3. The third-order valence-corrected chi connectivity index (χ3v) is 2.16. The summed E-state index contributed by atoms with van der Waals surface area (Å²) in [6.07, 6.45) is -0.670. The summed E-state index contributed by atoms with van der Waals surface area (Å²) in [7, 11) is 0. The fourth-order valence-corrected chi connectivity index (χ4v) is 1.41. The Morgan fingerprint density at radius 2 is 2.00 bits per heavy atom. The zero-order chi connectivity index (χ0) is 14.6. The van der Waals surface area contributed by atoms with Gasteiger partial charge in [-0.15, -0.1) is 0 Å². The van der Waals surface area contributed by atoms with Crippen LogP contribution in [0.3, 0.4) is 0 Å². The summed E-state index contributed by atoms with van der Waals surface area (Å²) in [5.74, 6) is -0.662. The summed E-state index contributed by atoms with van der Waals surface area (Å²) in [5.41, 5.74) is 1.50. The quantitative estimate of drug-likeness (QED) is 0.470. The molecule has 1 saturated heterocycles. The van der Waals surface area contributed by atoms with Gasteiger partial charge in [-0.2, -0.15) is 0 Å². The number of rotatable bonds is 4. The second-order valence-corrected chi connectivity index (χ2v) is 5.21. The summed E-state index contributed by atoms with van der Waals surface area (Å²) < 4.78 is 5.04. The Bertz CT molecular complexity index is 377. The van der Waals surface area contributed by atoms with Crippen LogP contribution in [0.15, 0.2) is 0 Å². The van der Waals surface area contributed by atoms with Crippen molar-refractivity contribution in [2.24, 2.45) is 0 Å². The molecule has 3 N–H and O–H groups in total. The van der Waals surface area contributed by atoms with E-state index in [0.29, 0.717) is 0 Å². The van der Waals surface area contributed by atoms with Gasteiger partial charge in [0.1, 0.15) is 11.6 Å². The van der Waals surface area contributed by atoms with Crippen LogP contribution in [0.1, 0.15) is 27.7 Å². The Kier molecular flexibility index (Phi) is 4.71. The molecular formula is C11H19N3O5. The van der Waals surface area contributed by atoms with Gasteiger partial charge in [-0.25, -0.2) is 10.3 Å². The summed E-state index contributed by atoms with van der Waals surface area (Å²) >= 11 is 0. The van der Waals surface area contributed by atoms with Gasteiger partial charge in [0.25, 0.3) is 0 Å². The number of carbonyl (C=O) groups is 3. The van der Waals surface area contributed by atoms with Crippen LogP contribution >= 0.6 is 0 Å². The maximum absolute atomic E-state index is 11.5. The van der Waals surface area contributed by atoms with Crippen molar-refractivity contribution >= 4 is 17.9 Å². The predicted octanol–water partition coefficient (Wildman–Crippen LogP) is -0.554. The van der Waals surface area contributed by atoms with E-state index < -0.39 is 23.8 Å². The van der Waals surface area contributed by atoms with Crippen molar-refractivity contribution < 1.29 is 24.0 Å². The maximum atomic E-state index is 11.5. The molecule has 0 bridgehead atoms. The second-order valence-electron chi connectivity index (χ2n) is 5.21. The Balaban J connectivity index is 2.36. The van der Waals surface area contributed by atoms with Crippen LogP contribution in [0.25, 0.3) is 0 Å². The van der Waals surface area contributed by atoms with Gasteiger partial charge >= 0.3 is 6.09 Å². The Labute approximate surface area is 111 Å². The highest BCUT2D eigenvalue weighted by Gasteiger charge is 2.41. The van der Waals surface area contributed by atoms with Crippen molar-refractivity contribution in [3.63, 3.8) is 0 Å². The first kappa shape index (κ1) is 15.2. The molecule has 0 radical (unpaired) electrons. The molecule has 1 rings (SSSR count). The van der Waals surface area contributed by atoms with Crippen LogP contribution in [0, 0.1) is 0 Å². The van der Waals surface area contributed by atoms with Gasteiger partial charge in [0.15, 0.2) is 0 Å². The molecule has 3 amide bonds. The molecule has 0 aromatic carbocycles. The van der Waals surface area contributed by atoms with Gasteiger partial charge < -0.3 is 15.4 Å². The molecule has 1 heterocycles. The summed E-state index contributed by atoms with van der Waals surface area (Å²) in [6.45, 7) is 6.54. The smallest absolute Gasteiger partial charge is 0.408 e. The van der Waals surface area contributed by atoms with E-state index in [0.717, 1.165) is 0 Å². The van der Waals surface area contributed by atoms with E-state index >= 15 is 0 Å². The van der Waals surface area contributed by atoms with Gasteiger partial charge in [0, 0.05) is 6.92 Å². The van der Waals surface area contributed by atoms with E-state index in [9.17, 15) is 14.4 Å². The number of alkyl carbamates (subject to hydrolysis) is 1. The third kappa shape index (κ3) is 5.12. The zero-order valence-corrected chi connectivity index (χ0v) is 11.4. The minimum Gasteiger partial charge on any atom is -0.444 e. The minimum atomic E-state index is -0.719. The van der Waals surface area contributed by atoms with E-state index in [1.165, 1.54) is 6.92 Å². The number of β-lactam (4-membered cyclic amide) rings is 1. The standard InChI is InChI=1S/C11H19N3O5/c1-6(15)14-18-5-7-8(9(16)12-7)13-10(17)19-11(2,3)4/h7-8H,5H2,1-4H3,(H,12,16)(H,13,17)(H,14,15)/t7-,8+/m0/s1. The number of hydrogen-bond donors (Lipinski definition) is 3. The molecule has 0 aliphatic carbocycles. The third-order valence-electron chi connectivity index (χ3n) is 2.16. The second kappa shape index (κ2) is 5.87. The molecule has 8 nitrogen and oxygen atoms in total. The lowest BCUT2D eigenvalue weighted by Gasteiger charge is -2.36. The summed E-state index contributed by atoms with van der Waals surface area (Å²) in [5, 5.41) is 4.99. The number of carbonyl (C=O) groups excluding carboxylic acids is 3. The largest absolute Gasteiger partial charge is 0.444 e. The van der Waals surface area contributed by atoms with Crippen LogP contribution < -0.4 is 16.1 Å². The van der Waals surface area contributed by atoms with Crippen molar-refractivity contribution in [3.8, 4) is 0 Å². The first-order valence-corrected chi connectivity index (χ1v) is 5.87. The number of hydrogen-bond acceptors (Lipinski definition) is 5. The average molecular weight is 273 g/mol. The molecular weight excluding hydrogens is 254 g/mol. The molecule has 0 aromatic rings. The normalized spacial score (nSPS) is 22.0. The van der Waals surface area contributed by atoms with Gasteiger partial charge in [0.05, 0.1) is 12.6 Å². The van der Waals surface area contributed by atoms with Gasteiger partial charge in [0.2, 0.25) is 11.8 Å². The van der Waals surface area contributed by atoms with Crippen molar-refractivity contribution in [1.82, 2.24) is 16.1 Å². The van der Waals surface area contributed by atoms with E-state index in [1.807, 2.05) is 0 Å². The lowest BCUT2D eigenvalue weighted by atomic mass is 10.0. The van der Waals surface area contributed by atoms with E-state index in [-0.39, 0.29) is 18.4 Å². The minimum absolute atomic E-state index is 0.0613. The van der Waals surface area contributed by atoms with Crippen LogP contribution in [-0.2, 0) is 19.2 Å². The van der Waals surface area contributed by atoms with E-state index in [1.54, 1.807) is 20.8 Å². The average Bonchev–Trinajstić information content (AvgIpc) is 2.22. The van der Waals surface area contributed by atoms with Crippen LogP contribution in [-0.4, -0.2) is 42.2 Å². The number of hydroxylamine groups is 1. The van der Waals surface area contributed by atoms with Gasteiger partial charge in [-0.1, -0.05) is 0 Å². The highest BCUT2D eigenvalue weighted by molar-refractivity contribution is 5.92. The summed E-state index contributed by atoms with van der Waals surface area (Å²) in [6, 6.07) is -1.12. The molecule has 1 aliphatic rings. The zero-order valence-electron chi connectivity index (χ0n) is 11.4. The molecule has 108 valence electrons.